The van der Waals surface area contributed by atoms with E-state index in [4.69, 9.17) is 13.9 Å². The van der Waals surface area contributed by atoms with Crippen LogP contribution in [0.3, 0.4) is 0 Å². The van der Waals surface area contributed by atoms with Crippen LogP contribution in [0.5, 0.6) is 11.5 Å². The van der Waals surface area contributed by atoms with E-state index in [1.54, 1.807) is 44.7 Å². The van der Waals surface area contributed by atoms with Crippen molar-refractivity contribution in [2.75, 3.05) is 20.8 Å². The Morgan fingerprint density at radius 3 is 2.58 bits per heavy atom. The molecule has 6 heteroatoms. The van der Waals surface area contributed by atoms with Gasteiger partial charge in [-0.05, 0) is 42.5 Å². The summed E-state index contributed by atoms with van der Waals surface area (Å²) in [6.45, 7) is 0.463. The van der Waals surface area contributed by atoms with E-state index in [9.17, 15) is 4.79 Å². The van der Waals surface area contributed by atoms with E-state index in [1.165, 1.54) is 0 Å². The smallest absolute Gasteiger partial charge is 0.251 e. The van der Waals surface area contributed by atoms with Crippen LogP contribution in [-0.4, -0.2) is 31.7 Å². The number of hydrogen-bond acceptors (Lipinski definition) is 5. The van der Waals surface area contributed by atoms with Crippen LogP contribution in [-0.2, 0) is 6.42 Å². The molecular formula is C20H20N2O4. The lowest BCUT2D eigenvalue weighted by Gasteiger charge is -2.05. The molecule has 3 aromatic rings. The largest absolute Gasteiger partial charge is 0.497 e. The summed E-state index contributed by atoms with van der Waals surface area (Å²) in [7, 11) is 3.19. The van der Waals surface area contributed by atoms with Crippen LogP contribution in [0.15, 0.2) is 59.2 Å². The van der Waals surface area contributed by atoms with E-state index >= 15 is 0 Å². The van der Waals surface area contributed by atoms with E-state index in [2.05, 4.69) is 10.3 Å². The van der Waals surface area contributed by atoms with Gasteiger partial charge in [0.25, 0.3) is 5.91 Å². The number of oxazole rings is 1. The number of hydrogen-bond donors (Lipinski definition) is 1. The fourth-order valence-corrected chi connectivity index (χ4v) is 2.46. The lowest BCUT2D eigenvalue weighted by atomic mass is 10.2. The van der Waals surface area contributed by atoms with Crippen LogP contribution in [0.1, 0.15) is 16.1 Å². The number of nitrogens with zero attached hydrogens (tertiary/aromatic N) is 1. The molecule has 0 saturated carbocycles. The normalized spacial score (nSPS) is 10.4. The summed E-state index contributed by atoms with van der Waals surface area (Å²) in [4.78, 5) is 16.6. The quantitative estimate of drug-likeness (QED) is 0.706. The van der Waals surface area contributed by atoms with Crippen molar-refractivity contribution in [3.8, 4) is 23.0 Å². The van der Waals surface area contributed by atoms with Gasteiger partial charge in [-0.3, -0.25) is 4.79 Å². The molecule has 1 amide bonds. The predicted octanol–water partition coefficient (Wildman–Crippen LogP) is 3.33. The van der Waals surface area contributed by atoms with Crippen molar-refractivity contribution < 1.29 is 18.7 Å². The van der Waals surface area contributed by atoms with Gasteiger partial charge >= 0.3 is 0 Å². The molecule has 0 atom stereocenters. The summed E-state index contributed by atoms with van der Waals surface area (Å²) < 4.78 is 15.8. The summed E-state index contributed by atoms with van der Waals surface area (Å²) in [5, 5.41) is 2.87. The first-order valence-corrected chi connectivity index (χ1v) is 8.20. The van der Waals surface area contributed by atoms with Crippen molar-refractivity contribution in [2.24, 2.45) is 0 Å². The summed E-state index contributed by atoms with van der Waals surface area (Å²) in [6.07, 6.45) is 2.19. The molecule has 0 aliphatic heterocycles. The summed E-state index contributed by atoms with van der Waals surface area (Å²) in [5.41, 5.74) is 2.21. The minimum Gasteiger partial charge on any atom is -0.497 e. The number of carbonyl (C=O) groups excluding carboxylic acids is 1. The van der Waals surface area contributed by atoms with Gasteiger partial charge in [0.1, 0.15) is 17.8 Å². The predicted molar refractivity (Wildman–Crippen MR) is 97.5 cm³/mol. The number of amides is 1. The zero-order chi connectivity index (χ0) is 18.4. The van der Waals surface area contributed by atoms with E-state index in [-0.39, 0.29) is 5.91 Å². The minimum absolute atomic E-state index is 0.150. The molecule has 1 heterocycles. The third kappa shape index (κ3) is 4.22. The Morgan fingerprint density at radius 1 is 1.08 bits per heavy atom. The molecule has 0 bridgehead atoms. The maximum Gasteiger partial charge on any atom is 0.251 e. The summed E-state index contributed by atoms with van der Waals surface area (Å²) >= 11 is 0. The first kappa shape index (κ1) is 17.5. The van der Waals surface area contributed by atoms with E-state index in [0.29, 0.717) is 30.2 Å². The third-order valence-corrected chi connectivity index (χ3v) is 3.89. The highest BCUT2D eigenvalue weighted by Crippen LogP contribution is 2.21. The number of rotatable bonds is 7. The third-order valence-electron chi connectivity index (χ3n) is 3.89. The lowest BCUT2D eigenvalue weighted by molar-refractivity contribution is 0.0953. The Morgan fingerprint density at radius 2 is 1.85 bits per heavy atom. The molecule has 26 heavy (non-hydrogen) atoms. The van der Waals surface area contributed by atoms with Crippen LogP contribution in [0, 0.1) is 0 Å². The standard InChI is InChI=1S/C20H20N2O4/c1-24-17-8-6-14(7-9-17)20-22-16(13-26-20)10-11-21-19(23)15-4-3-5-18(12-15)25-2/h3-9,12-13H,10-11H2,1-2H3,(H,21,23). The molecule has 0 spiro atoms. The molecular weight excluding hydrogens is 332 g/mol. The van der Waals surface area contributed by atoms with Crippen LogP contribution < -0.4 is 14.8 Å². The molecule has 0 fully saturated rings. The highest BCUT2D eigenvalue weighted by Gasteiger charge is 2.09. The minimum atomic E-state index is -0.150. The lowest BCUT2D eigenvalue weighted by Crippen LogP contribution is -2.25. The summed E-state index contributed by atoms with van der Waals surface area (Å²) in [5.74, 6) is 1.82. The van der Waals surface area contributed by atoms with Gasteiger partial charge in [0, 0.05) is 24.1 Å². The van der Waals surface area contributed by atoms with E-state index in [1.807, 2.05) is 24.3 Å². The zero-order valence-corrected chi connectivity index (χ0v) is 14.7. The first-order chi connectivity index (χ1) is 12.7. The molecule has 0 saturated heterocycles. The van der Waals surface area contributed by atoms with E-state index in [0.717, 1.165) is 17.0 Å². The van der Waals surface area contributed by atoms with Gasteiger partial charge in [-0.1, -0.05) is 6.07 Å². The fourth-order valence-electron chi connectivity index (χ4n) is 2.46. The van der Waals surface area contributed by atoms with Crippen molar-refractivity contribution in [1.29, 1.82) is 0 Å². The van der Waals surface area contributed by atoms with Crippen LogP contribution in [0.2, 0.25) is 0 Å². The van der Waals surface area contributed by atoms with Crippen molar-refractivity contribution in [1.82, 2.24) is 10.3 Å². The number of methoxy groups -OCH3 is 2. The van der Waals surface area contributed by atoms with Gasteiger partial charge in [-0.2, -0.15) is 0 Å². The van der Waals surface area contributed by atoms with Crippen molar-refractivity contribution in [3.63, 3.8) is 0 Å². The van der Waals surface area contributed by atoms with E-state index < -0.39 is 0 Å². The molecule has 0 aliphatic carbocycles. The molecule has 6 nitrogen and oxygen atoms in total. The van der Waals surface area contributed by atoms with Crippen LogP contribution >= 0.6 is 0 Å². The average molecular weight is 352 g/mol. The number of nitrogens with one attached hydrogen (secondary N) is 1. The van der Waals surface area contributed by atoms with Crippen molar-refractivity contribution in [3.05, 3.63) is 66.1 Å². The Labute approximate surface area is 151 Å². The van der Waals surface area contributed by atoms with Gasteiger partial charge < -0.3 is 19.2 Å². The molecule has 2 aromatic carbocycles. The summed E-state index contributed by atoms with van der Waals surface area (Å²) in [6, 6.07) is 14.5. The average Bonchev–Trinajstić information content (AvgIpc) is 3.17. The molecule has 134 valence electrons. The second-order valence-corrected chi connectivity index (χ2v) is 5.61. The maximum absolute atomic E-state index is 12.2. The van der Waals surface area contributed by atoms with Crippen LogP contribution in [0.4, 0.5) is 0 Å². The Balaban J connectivity index is 1.55. The molecule has 3 rings (SSSR count). The Kier molecular flexibility index (Phi) is 5.53. The number of benzene rings is 2. The number of carbonyl (C=O) groups is 1. The fraction of sp³-hybridized carbons (Fsp3) is 0.200. The molecule has 0 radical (unpaired) electrons. The maximum atomic E-state index is 12.2. The van der Waals surface area contributed by atoms with Gasteiger partial charge in [0.15, 0.2) is 0 Å². The second-order valence-electron chi connectivity index (χ2n) is 5.61. The Hall–Kier alpha value is -3.28. The molecule has 1 N–H and O–H groups in total. The van der Waals surface area contributed by atoms with Gasteiger partial charge in [0.2, 0.25) is 5.89 Å². The molecule has 1 aromatic heterocycles. The Bertz CT molecular complexity index is 872. The highest BCUT2D eigenvalue weighted by atomic mass is 16.5. The molecule has 0 aliphatic rings. The number of aromatic nitrogens is 1. The van der Waals surface area contributed by atoms with Crippen LogP contribution in [0.25, 0.3) is 11.5 Å². The topological polar surface area (TPSA) is 73.6 Å². The van der Waals surface area contributed by atoms with Gasteiger partial charge in [0.05, 0.1) is 19.9 Å². The first-order valence-electron chi connectivity index (χ1n) is 8.20. The highest BCUT2D eigenvalue weighted by molar-refractivity contribution is 5.94. The SMILES string of the molecule is COc1ccc(-c2nc(CCNC(=O)c3cccc(OC)c3)co2)cc1. The monoisotopic (exact) mass is 352 g/mol. The van der Waals surface area contributed by atoms with Crippen molar-refractivity contribution in [2.45, 2.75) is 6.42 Å². The number of ether oxygens (including phenoxy) is 2. The second kappa shape index (κ2) is 8.20. The molecule has 0 unspecified atom stereocenters. The van der Waals surface area contributed by atoms with Crippen molar-refractivity contribution >= 4 is 5.91 Å². The van der Waals surface area contributed by atoms with Gasteiger partial charge in [-0.15, -0.1) is 0 Å². The van der Waals surface area contributed by atoms with Gasteiger partial charge in [-0.25, -0.2) is 4.98 Å². The zero-order valence-electron chi connectivity index (χ0n) is 14.7.